The van der Waals surface area contributed by atoms with Gasteiger partial charge in [0.05, 0.1) is 12.1 Å². The van der Waals surface area contributed by atoms with Crippen LogP contribution in [0.1, 0.15) is 23.7 Å². The smallest absolute Gasteiger partial charge is 0.226 e. The van der Waals surface area contributed by atoms with Crippen LogP contribution in [0.3, 0.4) is 0 Å². The van der Waals surface area contributed by atoms with Gasteiger partial charge in [-0.1, -0.05) is 35.5 Å². The number of ether oxygens (including phenoxy) is 1. The van der Waals surface area contributed by atoms with Crippen molar-refractivity contribution in [3.63, 3.8) is 0 Å². The Morgan fingerprint density at radius 3 is 2.89 bits per heavy atom. The van der Waals surface area contributed by atoms with Crippen molar-refractivity contribution in [1.82, 2.24) is 10.5 Å². The summed E-state index contributed by atoms with van der Waals surface area (Å²) in [5, 5.41) is 6.97. The van der Waals surface area contributed by atoms with E-state index in [-0.39, 0.29) is 18.4 Å². The first-order valence-corrected chi connectivity index (χ1v) is 9.23. The Kier molecular flexibility index (Phi) is 4.92. The van der Waals surface area contributed by atoms with Crippen molar-refractivity contribution >= 4 is 5.91 Å². The summed E-state index contributed by atoms with van der Waals surface area (Å²) in [6.07, 6.45) is 2.13. The number of benzene rings is 2. The molecule has 4 rings (SSSR count). The molecule has 2 aromatic carbocycles. The van der Waals surface area contributed by atoms with E-state index < -0.39 is 0 Å². The van der Waals surface area contributed by atoms with E-state index in [1.165, 1.54) is 11.1 Å². The van der Waals surface area contributed by atoms with Crippen molar-refractivity contribution in [2.24, 2.45) is 0 Å². The minimum atomic E-state index is -0.0537. The van der Waals surface area contributed by atoms with Crippen molar-refractivity contribution in [1.29, 1.82) is 0 Å². The number of carbonyl (C=O) groups excluding carboxylic acids is 1. The predicted molar refractivity (Wildman–Crippen MR) is 103 cm³/mol. The molecule has 3 aromatic rings. The van der Waals surface area contributed by atoms with E-state index in [4.69, 9.17) is 9.26 Å². The van der Waals surface area contributed by atoms with Crippen molar-refractivity contribution in [3.05, 3.63) is 71.4 Å². The van der Waals surface area contributed by atoms with Gasteiger partial charge in [-0.25, -0.2) is 0 Å². The molecule has 1 aromatic heterocycles. The summed E-state index contributed by atoms with van der Waals surface area (Å²) in [4.78, 5) is 12.1. The van der Waals surface area contributed by atoms with E-state index in [2.05, 4.69) is 35.6 Å². The minimum Gasteiger partial charge on any atom is -0.490 e. The van der Waals surface area contributed by atoms with E-state index in [0.29, 0.717) is 18.0 Å². The van der Waals surface area contributed by atoms with Crippen LogP contribution in [0.15, 0.2) is 59.1 Å². The summed E-state index contributed by atoms with van der Waals surface area (Å²) in [6, 6.07) is 17.9. The number of carbonyl (C=O) groups is 1. The van der Waals surface area contributed by atoms with Gasteiger partial charge in [-0.2, -0.15) is 0 Å². The zero-order valence-electron chi connectivity index (χ0n) is 15.3. The fraction of sp³-hybridized carbons (Fsp3) is 0.273. The van der Waals surface area contributed by atoms with Gasteiger partial charge in [0.1, 0.15) is 11.9 Å². The second kappa shape index (κ2) is 7.66. The van der Waals surface area contributed by atoms with Crippen LogP contribution in [0, 0.1) is 0 Å². The molecule has 2 heterocycles. The molecular weight excluding hydrogens is 340 g/mol. The Morgan fingerprint density at radius 2 is 2.04 bits per heavy atom. The first-order chi connectivity index (χ1) is 13.2. The van der Waals surface area contributed by atoms with Gasteiger partial charge < -0.3 is 14.6 Å². The number of fused-ring (bicyclic) bond motifs is 1. The molecule has 0 radical (unpaired) electrons. The summed E-state index contributed by atoms with van der Waals surface area (Å²) in [5.41, 5.74) is 3.97. The van der Waals surface area contributed by atoms with Crippen LogP contribution in [0.4, 0.5) is 0 Å². The highest BCUT2D eigenvalue weighted by molar-refractivity contribution is 5.78. The number of amides is 1. The van der Waals surface area contributed by atoms with Gasteiger partial charge in [-0.05, 0) is 42.7 Å². The molecule has 1 unspecified atom stereocenters. The van der Waals surface area contributed by atoms with Crippen LogP contribution >= 0.6 is 0 Å². The molecule has 1 aliphatic heterocycles. The Hall–Kier alpha value is -3.08. The maximum absolute atomic E-state index is 12.1. The van der Waals surface area contributed by atoms with E-state index in [9.17, 15) is 4.79 Å². The molecule has 1 aliphatic rings. The fourth-order valence-electron chi connectivity index (χ4n) is 3.32. The van der Waals surface area contributed by atoms with E-state index in [1.54, 1.807) is 0 Å². The van der Waals surface area contributed by atoms with Crippen molar-refractivity contribution in [2.45, 2.75) is 32.3 Å². The summed E-state index contributed by atoms with van der Waals surface area (Å²) in [5.74, 6) is 1.55. The SMILES string of the molecule is CC1Cc2cc(-c3cc(CC(=O)NCCc4ccccc4)no3)ccc2O1. The second-order valence-electron chi connectivity index (χ2n) is 6.90. The highest BCUT2D eigenvalue weighted by atomic mass is 16.5. The normalized spacial score (nSPS) is 15.2. The lowest BCUT2D eigenvalue weighted by molar-refractivity contribution is -0.120. The van der Waals surface area contributed by atoms with E-state index >= 15 is 0 Å². The Labute approximate surface area is 158 Å². The monoisotopic (exact) mass is 362 g/mol. The molecule has 0 saturated carbocycles. The molecule has 27 heavy (non-hydrogen) atoms. The lowest BCUT2D eigenvalue weighted by Gasteiger charge is -2.03. The molecule has 0 bridgehead atoms. The first kappa shape index (κ1) is 17.3. The number of nitrogens with one attached hydrogen (secondary N) is 1. The van der Waals surface area contributed by atoms with Gasteiger partial charge in [-0.3, -0.25) is 4.79 Å². The third-order valence-electron chi connectivity index (χ3n) is 4.66. The number of rotatable bonds is 6. The third kappa shape index (κ3) is 4.19. The van der Waals surface area contributed by atoms with Crippen LogP contribution in [0.25, 0.3) is 11.3 Å². The molecule has 0 fully saturated rings. The van der Waals surface area contributed by atoms with Gasteiger partial charge in [0.2, 0.25) is 5.91 Å². The van der Waals surface area contributed by atoms with Crippen molar-refractivity contribution in [2.75, 3.05) is 6.54 Å². The molecule has 5 heteroatoms. The van der Waals surface area contributed by atoms with E-state index in [0.717, 1.165) is 24.2 Å². The van der Waals surface area contributed by atoms with Crippen LogP contribution in [-0.2, 0) is 24.1 Å². The zero-order valence-corrected chi connectivity index (χ0v) is 15.3. The predicted octanol–water partition coefficient (Wildman–Crippen LogP) is 3.57. The van der Waals surface area contributed by atoms with Gasteiger partial charge in [0.25, 0.3) is 0 Å². The van der Waals surface area contributed by atoms with E-state index in [1.807, 2.05) is 36.4 Å². The highest BCUT2D eigenvalue weighted by Gasteiger charge is 2.20. The Bertz CT molecular complexity index is 934. The molecule has 138 valence electrons. The van der Waals surface area contributed by atoms with Crippen LogP contribution in [0.2, 0.25) is 0 Å². The topological polar surface area (TPSA) is 64.4 Å². The van der Waals surface area contributed by atoms with Gasteiger partial charge in [0.15, 0.2) is 5.76 Å². The van der Waals surface area contributed by atoms with Gasteiger partial charge in [-0.15, -0.1) is 0 Å². The van der Waals surface area contributed by atoms with Crippen LogP contribution < -0.4 is 10.1 Å². The molecule has 5 nitrogen and oxygen atoms in total. The molecule has 1 amide bonds. The minimum absolute atomic E-state index is 0.0537. The number of hydrogen-bond donors (Lipinski definition) is 1. The van der Waals surface area contributed by atoms with Crippen LogP contribution in [0.5, 0.6) is 5.75 Å². The number of hydrogen-bond acceptors (Lipinski definition) is 4. The van der Waals surface area contributed by atoms with Gasteiger partial charge >= 0.3 is 0 Å². The summed E-state index contributed by atoms with van der Waals surface area (Å²) in [6.45, 7) is 2.67. The zero-order chi connectivity index (χ0) is 18.6. The number of nitrogens with zero attached hydrogens (tertiary/aromatic N) is 1. The Morgan fingerprint density at radius 1 is 1.19 bits per heavy atom. The lowest BCUT2D eigenvalue weighted by atomic mass is 10.1. The van der Waals surface area contributed by atoms with Crippen LogP contribution in [-0.4, -0.2) is 23.7 Å². The van der Waals surface area contributed by atoms with Crippen molar-refractivity contribution in [3.8, 4) is 17.1 Å². The summed E-state index contributed by atoms with van der Waals surface area (Å²) < 4.78 is 11.2. The maximum atomic E-state index is 12.1. The summed E-state index contributed by atoms with van der Waals surface area (Å²) >= 11 is 0. The molecule has 1 N–H and O–H groups in total. The van der Waals surface area contributed by atoms with Crippen molar-refractivity contribution < 1.29 is 14.1 Å². The molecule has 0 spiro atoms. The Balaban J connectivity index is 1.33. The largest absolute Gasteiger partial charge is 0.490 e. The molecule has 1 atom stereocenters. The quantitative estimate of drug-likeness (QED) is 0.728. The first-order valence-electron chi connectivity index (χ1n) is 9.23. The maximum Gasteiger partial charge on any atom is 0.226 e. The molecule has 0 saturated heterocycles. The molecule has 0 aliphatic carbocycles. The average molecular weight is 362 g/mol. The third-order valence-corrected chi connectivity index (χ3v) is 4.66. The second-order valence-corrected chi connectivity index (χ2v) is 6.90. The lowest BCUT2D eigenvalue weighted by Crippen LogP contribution is -2.27. The standard InChI is InChI=1S/C22H22N2O3/c1-15-11-18-12-17(7-8-20(18)26-15)21-13-19(24-27-21)14-22(25)23-10-9-16-5-3-2-4-6-16/h2-8,12-13,15H,9-11,14H2,1H3,(H,23,25). The molecular formula is C22H22N2O3. The summed E-state index contributed by atoms with van der Waals surface area (Å²) in [7, 11) is 0. The van der Waals surface area contributed by atoms with Gasteiger partial charge in [0, 0.05) is 24.6 Å². The fourth-order valence-corrected chi connectivity index (χ4v) is 3.32. The number of aromatic nitrogens is 1. The average Bonchev–Trinajstić information content (AvgIpc) is 3.27. The highest BCUT2D eigenvalue weighted by Crippen LogP contribution is 2.33.